The summed E-state index contributed by atoms with van der Waals surface area (Å²) in [6.07, 6.45) is 3.42. The minimum Gasteiger partial charge on any atom is -0.444 e. The Morgan fingerprint density at radius 1 is 1.38 bits per heavy atom. The number of ether oxygens (including phenoxy) is 2. The van der Waals surface area contributed by atoms with Crippen molar-refractivity contribution in [1.29, 1.82) is 0 Å². The fraction of sp³-hybridized carbons (Fsp3) is 0.706. The van der Waals surface area contributed by atoms with E-state index in [9.17, 15) is 4.79 Å². The number of carbonyl (C=O) groups excluding carboxylic acids is 1. The molecule has 1 amide bonds. The molecule has 2 aliphatic rings. The van der Waals surface area contributed by atoms with Gasteiger partial charge < -0.3 is 14.8 Å². The highest BCUT2D eigenvalue weighted by Crippen LogP contribution is 2.33. The van der Waals surface area contributed by atoms with Crippen LogP contribution in [0.3, 0.4) is 0 Å². The Morgan fingerprint density at radius 2 is 2.08 bits per heavy atom. The third kappa shape index (κ3) is 3.77. The van der Waals surface area contributed by atoms with Gasteiger partial charge in [-0.2, -0.15) is 0 Å². The number of hydrogen-bond acceptors (Lipinski definition) is 6. The average molecular weight is 334 g/mol. The highest BCUT2D eigenvalue weighted by molar-refractivity contribution is 5.70. The SMILES string of the molecule is CC1c2cnc(NC3CCOCC3)nc2CN1C(=O)OC(C)(C)C. The number of amides is 1. The van der Waals surface area contributed by atoms with Gasteiger partial charge >= 0.3 is 6.09 Å². The zero-order valence-electron chi connectivity index (χ0n) is 14.8. The molecule has 1 aromatic heterocycles. The number of nitrogens with one attached hydrogen (secondary N) is 1. The molecule has 2 aliphatic heterocycles. The molecule has 0 saturated carbocycles. The van der Waals surface area contributed by atoms with Gasteiger partial charge in [-0.05, 0) is 40.5 Å². The summed E-state index contributed by atoms with van der Waals surface area (Å²) in [6.45, 7) is 9.58. The molecular formula is C17H26N4O3. The van der Waals surface area contributed by atoms with Gasteiger partial charge in [0.25, 0.3) is 0 Å². The van der Waals surface area contributed by atoms with Crippen LogP contribution in [0.15, 0.2) is 6.20 Å². The van der Waals surface area contributed by atoms with Crippen LogP contribution >= 0.6 is 0 Å². The molecular weight excluding hydrogens is 308 g/mol. The highest BCUT2D eigenvalue weighted by atomic mass is 16.6. The van der Waals surface area contributed by atoms with Crippen LogP contribution in [-0.4, -0.2) is 45.8 Å². The van der Waals surface area contributed by atoms with E-state index in [1.807, 2.05) is 33.9 Å². The molecule has 3 heterocycles. The number of anilines is 1. The summed E-state index contributed by atoms with van der Waals surface area (Å²) < 4.78 is 10.9. The van der Waals surface area contributed by atoms with Gasteiger partial charge in [0.2, 0.25) is 5.95 Å². The average Bonchev–Trinajstić information content (AvgIpc) is 2.83. The van der Waals surface area contributed by atoms with Gasteiger partial charge in [0.1, 0.15) is 5.60 Å². The Balaban J connectivity index is 1.69. The Labute approximate surface area is 142 Å². The maximum Gasteiger partial charge on any atom is 0.411 e. The third-order valence-electron chi connectivity index (χ3n) is 4.32. The molecule has 1 unspecified atom stereocenters. The molecule has 1 atom stereocenters. The molecule has 1 fully saturated rings. The molecule has 132 valence electrons. The molecule has 0 bridgehead atoms. The van der Waals surface area contributed by atoms with E-state index in [-0.39, 0.29) is 12.1 Å². The van der Waals surface area contributed by atoms with Gasteiger partial charge in [-0.25, -0.2) is 14.8 Å². The minimum absolute atomic E-state index is 0.0769. The largest absolute Gasteiger partial charge is 0.444 e. The first-order chi connectivity index (χ1) is 11.3. The first-order valence-corrected chi connectivity index (χ1v) is 8.53. The Morgan fingerprint density at radius 3 is 2.75 bits per heavy atom. The van der Waals surface area contributed by atoms with Crippen molar-refractivity contribution in [3.8, 4) is 0 Å². The van der Waals surface area contributed by atoms with Crippen LogP contribution in [0.2, 0.25) is 0 Å². The second kappa shape index (κ2) is 6.55. The van der Waals surface area contributed by atoms with Crippen molar-refractivity contribution in [1.82, 2.24) is 14.9 Å². The molecule has 0 spiro atoms. The van der Waals surface area contributed by atoms with Crippen LogP contribution in [0, 0.1) is 0 Å². The van der Waals surface area contributed by atoms with Gasteiger partial charge in [-0.3, -0.25) is 4.90 Å². The maximum absolute atomic E-state index is 12.4. The fourth-order valence-electron chi connectivity index (χ4n) is 3.01. The van der Waals surface area contributed by atoms with Crippen LogP contribution < -0.4 is 5.32 Å². The Kier molecular flexibility index (Phi) is 4.62. The number of nitrogens with zero attached hydrogens (tertiary/aromatic N) is 3. The summed E-state index contributed by atoms with van der Waals surface area (Å²) in [7, 11) is 0. The molecule has 1 aromatic rings. The second-order valence-corrected chi connectivity index (χ2v) is 7.41. The van der Waals surface area contributed by atoms with Crippen molar-refractivity contribution < 1.29 is 14.3 Å². The van der Waals surface area contributed by atoms with E-state index in [1.54, 1.807) is 4.90 Å². The molecule has 3 rings (SSSR count). The van der Waals surface area contributed by atoms with E-state index < -0.39 is 5.60 Å². The van der Waals surface area contributed by atoms with Crippen molar-refractivity contribution in [2.45, 2.75) is 64.8 Å². The van der Waals surface area contributed by atoms with Gasteiger partial charge in [-0.1, -0.05) is 0 Å². The molecule has 24 heavy (non-hydrogen) atoms. The van der Waals surface area contributed by atoms with Gasteiger partial charge in [-0.15, -0.1) is 0 Å². The van der Waals surface area contributed by atoms with Crippen molar-refractivity contribution in [2.75, 3.05) is 18.5 Å². The van der Waals surface area contributed by atoms with Crippen molar-refractivity contribution in [2.24, 2.45) is 0 Å². The lowest BCUT2D eigenvalue weighted by Crippen LogP contribution is -2.35. The fourth-order valence-corrected chi connectivity index (χ4v) is 3.01. The molecule has 0 radical (unpaired) electrons. The molecule has 1 N–H and O–H groups in total. The zero-order chi connectivity index (χ0) is 17.3. The zero-order valence-corrected chi connectivity index (χ0v) is 14.8. The summed E-state index contributed by atoms with van der Waals surface area (Å²) in [4.78, 5) is 23.1. The first kappa shape index (κ1) is 17.0. The summed E-state index contributed by atoms with van der Waals surface area (Å²) in [5.41, 5.74) is 1.36. The second-order valence-electron chi connectivity index (χ2n) is 7.41. The molecule has 0 aromatic carbocycles. The molecule has 7 heteroatoms. The van der Waals surface area contributed by atoms with Crippen molar-refractivity contribution in [3.63, 3.8) is 0 Å². The number of fused-ring (bicyclic) bond motifs is 1. The van der Waals surface area contributed by atoms with Crippen LogP contribution in [0.5, 0.6) is 0 Å². The Hall–Kier alpha value is -1.89. The van der Waals surface area contributed by atoms with E-state index in [0.29, 0.717) is 18.5 Å². The molecule has 1 saturated heterocycles. The predicted octanol–water partition coefficient (Wildman–Crippen LogP) is 2.88. The minimum atomic E-state index is -0.507. The number of carbonyl (C=O) groups is 1. The summed E-state index contributed by atoms with van der Waals surface area (Å²) >= 11 is 0. The van der Waals surface area contributed by atoms with E-state index in [1.165, 1.54) is 0 Å². The van der Waals surface area contributed by atoms with Gasteiger partial charge in [0, 0.05) is 31.0 Å². The lowest BCUT2D eigenvalue weighted by Gasteiger charge is -2.26. The van der Waals surface area contributed by atoms with Gasteiger partial charge in [0.15, 0.2) is 0 Å². The number of hydrogen-bond donors (Lipinski definition) is 1. The quantitative estimate of drug-likeness (QED) is 0.896. The first-order valence-electron chi connectivity index (χ1n) is 8.53. The Bertz CT molecular complexity index is 608. The predicted molar refractivity (Wildman–Crippen MR) is 89.7 cm³/mol. The summed E-state index contributed by atoms with van der Waals surface area (Å²) in [5.74, 6) is 0.624. The lowest BCUT2D eigenvalue weighted by molar-refractivity contribution is 0.0186. The van der Waals surface area contributed by atoms with E-state index in [0.717, 1.165) is 37.3 Å². The van der Waals surface area contributed by atoms with E-state index >= 15 is 0 Å². The summed E-state index contributed by atoms with van der Waals surface area (Å²) in [5, 5.41) is 3.37. The number of rotatable bonds is 2. The highest BCUT2D eigenvalue weighted by Gasteiger charge is 2.35. The normalized spacial score (nSPS) is 21.5. The smallest absolute Gasteiger partial charge is 0.411 e. The third-order valence-corrected chi connectivity index (χ3v) is 4.32. The maximum atomic E-state index is 12.4. The van der Waals surface area contributed by atoms with Crippen molar-refractivity contribution in [3.05, 3.63) is 17.5 Å². The van der Waals surface area contributed by atoms with Crippen LogP contribution in [0.4, 0.5) is 10.7 Å². The van der Waals surface area contributed by atoms with Crippen LogP contribution in [-0.2, 0) is 16.0 Å². The summed E-state index contributed by atoms with van der Waals surface area (Å²) in [6, 6.07) is 0.268. The number of aromatic nitrogens is 2. The van der Waals surface area contributed by atoms with E-state index in [4.69, 9.17) is 9.47 Å². The molecule has 7 nitrogen and oxygen atoms in total. The van der Waals surface area contributed by atoms with Crippen molar-refractivity contribution >= 4 is 12.0 Å². The van der Waals surface area contributed by atoms with Crippen LogP contribution in [0.1, 0.15) is 57.8 Å². The lowest BCUT2D eigenvalue weighted by atomic mass is 10.1. The topological polar surface area (TPSA) is 76.6 Å². The molecule has 0 aliphatic carbocycles. The van der Waals surface area contributed by atoms with Crippen LogP contribution in [0.25, 0.3) is 0 Å². The van der Waals surface area contributed by atoms with Gasteiger partial charge in [0.05, 0.1) is 18.3 Å². The standard InChI is InChI=1S/C17H26N4O3/c1-11-13-9-18-15(19-12-5-7-23-8-6-12)20-14(13)10-21(11)16(22)24-17(2,3)4/h9,11-12H,5-8,10H2,1-4H3,(H,18,19,20). The van der Waals surface area contributed by atoms with E-state index in [2.05, 4.69) is 15.3 Å². The monoisotopic (exact) mass is 334 g/mol.